The highest BCUT2D eigenvalue weighted by Gasteiger charge is 2.30. The standard InChI is InChI=1S/C21H35NO2/c1-21(2,3)17-8-10-18(11-9-17)22(4)14-13-16-7-12-19(23-5)20(15-16)24-6/h7,12,15,17-18H,8-11,13-14H2,1-6H3. The van der Waals surface area contributed by atoms with E-state index in [0.717, 1.165) is 36.4 Å². The molecule has 0 spiro atoms. The number of nitrogens with zero attached hydrogens (tertiary/aromatic N) is 1. The molecule has 0 radical (unpaired) electrons. The van der Waals surface area contributed by atoms with Gasteiger partial charge in [-0.25, -0.2) is 0 Å². The lowest BCUT2D eigenvalue weighted by molar-refractivity contribution is 0.112. The molecule has 3 heteroatoms. The van der Waals surface area contributed by atoms with Gasteiger partial charge >= 0.3 is 0 Å². The molecule has 0 saturated heterocycles. The van der Waals surface area contributed by atoms with Crippen molar-refractivity contribution in [2.75, 3.05) is 27.8 Å². The van der Waals surface area contributed by atoms with Crippen molar-refractivity contribution < 1.29 is 9.47 Å². The molecule has 0 atom stereocenters. The summed E-state index contributed by atoms with van der Waals surface area (Å²) in [4.78, 5) is 2.55. The lowest BCUT2D eigenvalue weighted by Gasteiger charge is -2.40. The van der Waals surface area contributed by atoms with Crippen LogP contribution >= 0.6 is 0 Å². The van der Waals surface area contributed by atoms with E-state index in [9.17, 15) is 0 Å². The maximum Gasteiger partial charge on any atom is 0.160 e. The zero-order valence-electron chi connectivity index (χ0n) is 16.4. The Hall–Kier alpha value is -1.22. The van der Waals surface area contributed by atoms with Crippen LogP contribution in [0.5, 0.6) is 11.5 Å². The summed E-state index contributed by atoms with van der Waals surface area (Å²) in [5.74, 6) is 2.51. The fourth-order valence-electron chi connectivity index (χ4n) is 3.91. The molecule has 0 amide bonds. The summed E-state index contributed by atoms with van der Waals surface area (Å²) in [6, 6.07) is 6.99. The summed E-state index contributed by atoms with van der Waals surface area (Å²) in [6.07, 6.45) is 6.47. The maximum absolute atomic E-state index is 5.41. The van der Waals surface area contributed by atoms with Gasteiger partial charge in [-0.1, -0.05) is 26.8 Å². The van der Waals surface area contributed by atoms with Crippen LogP contribution in [0.4, 0.5) is 0 Å². The molecule has 136 valence electrons. The fourth-order valence-corrected chi connectivity index (χ4v) is 3.91. The molecule has 0 aromatic heterocycles. The molecule has 1 aromatic carbocycles. The van der Waals surface area contributed by atoms with E-state index in [1.807, 2.05) is 6.07 Å². The zero-order valence-corrected chi connectivity index (χ0v) is 16.4. The first kappa shape index (κ1) is 19.1. The Morgan fingerprint density at radius 3 is 2.17 bits per heavy atom. The Morgan fingerprint density at radius 2 is 1.62 bits per heavy atom. The Bertz CT molecular complexity index is 513. The van der Waals surface area contributed by atoms with Crippen molar-refractivity contribution in [2.24, 2.45) is 11.3 Å². The number of likely N-dealkylation sites (N-methyl/N-ethyl adjacent to an activating group) is 1. The van der Waals surface area contributed by atoms with Crippen molar-refractivity contribution in [3.05, 3.63) is 23.8 Å². The van der Waals surface area contributed by atoms with Crippen LogP contribution in [0.3, 0.4) is 0 Å². The quantitative estimate of drug-likeness (QED) is 0.747. The first-order chi connectivity index (χ1) is 11.3. The Labute approximate surface area is 148 Å². The Balaban J connectivity index is 1.84. The van der Waals surface area contributed by atoms with Crippen molar-refractivity contribution in [3.8, 4) is 11.5 Å². The minimum atomic E-state index is 0.461. The Morgan fingerprint density at radius 1 is 1.00 bits per heavy atom. The number of ether oxygens (including phenoxy) is 2. The van der Waals surface area contributed by atoms with Crippen LogP contribution in [-0.2, 0) is 6.42 Å². The predicted octanol–water partition coefficient (Wildman–Crippen LogP) is 4.78. The van der Waals surface area contributed by atoms with E-state index in [1.165, 1.54) is 31.2 Å². The lowest BCUT2D eigenvalue weighted by atomic mass is 9.71. The van der Waals surface area contributed by atoms with Gasteiger partial charge in [-0.15, -0.1) is 0 Å². The smallest absolute Gasteiger partial charge is 0.160 e. The van der Waals surface area contributed by atoms with Gasteiger partial charge in [0.05, 0.1) is 14.2 Å². The van der Waals surface area contributed by atoms with Gasteiger partial charge in [0.1, 0.15) is 0 Å². The van der Waals surface area contributed by atoms with E-state index in [2.05, 4.69) is 44.9 Å². The molecule has 0 unspecified atom stereocenters. The molecule has 24 heavy (non-hydrogen) atoms. The van der Waals surface area contributed by atoms with E-state index >= 15 is 0 Å². The van der Waals surface area contributed by atoms with E-state index in [0.29, 0.717) is 5.41 Å². The molecule has 2 rings (SSSR count). The van der Waals surface area contributed by atoms with Crippen LogP contribution < -0.4 is 9.47 Å². The molecule has 1 aliphatic rings. The third-order valence-electron chi connectivity index (χ3n) is 5.75. The van der Waals surface area contributed by atoms with Gasteiger partial charge in [0.25, 0.3) is 0 Å². The van der Waals surface area contributed by atoms with Crippen LogP contribution in [0.2, 0.25) is 0 Å². The predicted molar refractivity (Wildman–Crippen MR) is 101 cm³/mol. The highest BCUT2D eigenvalue weighted by atomic mass is 16.5. The summed E-state index contributed by atoms with van der Waals surface area (Å²) in [7, 11) is 5.66. The van der Waals surface area contributed by atoms with Crippen LogP contribution in [0.25, 0.3) is 0 Å². The minimum Gasteiger partial charge on any atom is -0.493 e. The van der Waals surface area contributed by atoms with Crippen molar-refractivity contribution in [2.45, 2.75) is 58.9 Å². The third-order valence-corrected chi connectivity index (χ3v) is 5.75. The number of hydrogen-bond acceptors (Lipinski definition) is 3. The monoisotopic (exact) mass is 333 g/mol. The lowest BCUT2D eigenvalue weighted by Crippen LogP contribution is -2.38. The molecule has 0 aliphatic heterocycles. The number of methoxy groups -OCH3 is 2. The molecule has 1 saturated carbocycles. The van der Waals surface area contributed by atoms with Gasteiger partial charge < -0.3 is 14.4 Å². The molecule has 1 fully saturated rings. The molecule has 1 aliphatic carbocycles. The van der Waals surface area contributed by atoms with Crippen LogP contribution in [-0.4, -0.2) is 38.8 Å². The average Bonchev–Trinajstić information content (AvgIpc) is 2.58. The van der Waals surface area contributed by atoms with Crippen molar-refractivity contribution >= 4 is 0 Å². The number of hydrogen-bond donors (Lipinski definition) is 0. The van der Waals surface area contributed by atoms with Crippen LogP contribution in [0.1, 0.15) is 52.0 Å². The topological polar surface area (TPSA) is 21.7 Å². The largest absolute Gasteiger partial charge is 0.493 e. The molecule has 0 N–H and O–H groups in total. The third kappa shape index (κ3) is 4.89. The summed E-state index contributed by atoms with van der Waals surface area (Å²) >= 11 is 0. The highest BCUT2D eigenvalue weighted by molar-refractivity contribution is 5.42. The minimum absolute atomic E-state index is 0.461. The fraction of sp³-hybridized carbons (Fsp3) is 0.714. The first-order valence-electron chi connectivity index (χ1n) is 9.26. The molecular formula is C21H35NO2. The second kappa shape index (κ2) is 8.24. The maximum atomic E-state index is 5.41. The molecule has 0 heterocycles. The van der Waals surface area contributed by atoms with Crippen molar-refractivity contribution in [1.29, 1.82) is 0 Å². The average molecular weight is 334 g/mol. The van der Waals surface area contributed by atoms with E-state index < -0.39 is 0 Å². The zero-order chi connectivity index (χ0) is 17.7. The summed E-state index contributed by atoms with van der Waals surface area (Å²) < 4.78 is 10.7. The van der Waals surface area contributed by atoms with Gasteiger partial charge in [-0.3, -0.25) is 0 Å². The molecular weight excluding hydrogens is 298 g/mol. The molecule has 3 nitrogen and oxygen atoms in total. The van der Waals surface area contributed by atoms with Gasteiger partial charge in [-0.2, -0.15) is 0 Å². The summed E-state index contributed by atoms with van der Waals surface area (Å²) in [5, 5.41) is 0. The molecule has 0 bridgehead atoms. The van der Waals surface area contributed by atoms with Crippen molar-refractivity contribution in [1.82, 2.24) is 4.90 Å². The SMILES string of the molecule is COc1ccc(CCN(C)C2CCC(C(C)(C)C)CC2)cc1OC. The van der Waals surface area contributed by atoms with E-state index in [4.69, 9.17) is 9.47 Å². The number of rotatable bonds is 6. The number of benzene rings is 1. The Kier molecular flexibility index (Phi) is 6.56. The van der Waals surface area contributed by atoms with E-state index in [-0.39, 0.29) is 0 Å². The van der Waals surface area contributed by atoms with Gasteiger partial charge in [0.2, 0.25) is 0 Å². The van der Waals surface area contributed by atoms with Gasteiger partial charge in [0.15, 0.2) is 11.5 Å². The van der Waals surface area contributed by atoms with E-state index in [1.54, 1.807) is 14.2 Å². The summed E-state index contributed by atoms with van der Waals surface area (Å²) in [5.41, 5.74) is 1.77. The summed E-state index contributed by atoms with van der Waals surface area (Å²) in [6.45, 7) is 8.26. The second-order valence-corrected chi connectivity index (χ2v) is 8.29. The first-order valence-corrected chi connectivity index (χ1v) is 9.26. The van der Waals surface area contributed by atoms with Gasteiger partial charge in [0, 0.05) is 12.6 Å². The van der Waals surface area contributed by atoms with Gasteiger partial charge in [-0.05, 0) is 68.2 Å². The molecule has 1 aromatic rings. The van der Waals surface area contributed by atoms with Crippen LogP contribution in [0, 0.1) is 11.3 Å². The highest BCUT2D eigenvalue weighted by Crippen LogP contribution is 2.38. The van der Waals surface area contributed by atoms with Crippen molar-refractivity contribution in [3.63, 3.8) is 0 Å². The van der Waals surface area contributed by atoms with Crippen LogP contribution in [0.15, 0.2) is 18.2 Å². The normalized spacial score (nSPS) is 21.8. The second-order valence-electron chi connectivity index (χ2n) is 8.29.